The van der Waals surface area contributed by atoms with E-state index in [0.29, 0.717) is 42.1 Å². The van der Waals surface area contributed by atoms with Gasteiger partial charge in [-0.2, -0.15) is 5.21 Å². The maximum absolute atomic E-state index is 14.2. The number of aromatic amines is 1. The van der Waals surface area contributed by atoms with Crippen LogP contribution in [0.25, 0.3) is 5.70 Å². The number of thioether (sulfide) groups is 1. The summed E-state index contributed by atoms with van der Waals surface area (Å²) in [7, 11) is 0. The molecular weight excluding hydrogens is 771 g/mol. The number of benzene rings is 1. The monoisotopic (exact) mass is 805 g/mol. The van der Waals surface area contributed by atoms with E-state index in [0.717, 1.165) is 48.4 Å². The van der Waals surface area contributed by atoms with Crippen LogP contribution in [0, 0.1) is 11.7 Å². The van der Waals surface area contributed by atoms with Crippen LogP contribution >= 0.6 is 34.7 Å². The average molecular weight is 806 g/mol. The minimum atomic E-state index is -1.79. The largest absolute Gasteiger partial charge is 0.504 e. The van der Waals surface area contributed by atoms with Crippen molar-refractivity contribution in [3.63, 3.8) is 0 Å². The van der Waals surface area contributed by atoms with Gasteiger partial charge in [0.15, 0.2) is 33.9 Å². The number of aliphatic carboxylic acids is 1. The molecule has 7 rings (SSSR count). The van der Waals surface area contributed by atoms with E-state index >= 15 is 0 Å². The molecule has 1 aromatic carbocycles. The lowest BCUT2D eigenvalue weighted by Crippen LogP contribution is -2.65. The number of oxime groups is 1. The zero-order valence-corrected chi connectivity index (χ0v) is 31.3. The first-order chi connectivity index (χ1) is 25.6. The molecule has 6 N–H and O–H groups in total. The SMILES string of the molecule is CC(C)(O/N=C(\C(=O)C[C@@H]1C(=O)N2C(c3nn[nH]n3)=C(C[N@+]34CCC[C@H]3CN(C(=O)c3cc(O)c(O)c(F)c3)CC4)CS[C@H]12)c1nc(N)sc1Cl)C(=O)O. The third-order valence-corrected chi connectivity index (χ3v) is 12.8. The fourth-order valence-electron chi connectivity index (χ4n) is 7.46. The number of Topliss-reactive ketones (excluding diaryl/α,β-unsaturated/α-hetero) is 1. The number of amides is 2. The fourth-order valence-corrected chi connectivity index (χ4v) is 9.79. The number of piperazine rings is 1. The van der Waals surface area contributed by atoms with Gasteiger partial charge in [0.25, 0.3) is 5.91 Å². The van der Waals surface area contributed by atoms with Crippen molar-refractivity contribution in [1.82, 2.24) is 35.4 Å². The van der Waals surface area contributed by atoms with Crippen LogP contribution < -0.4 is 5.73 Å². The summed E-state index contributed by atoms with van der Waals surface area (Å²) in [6.07, 6.45) is 1.43. The number of quaternary nitrogens is 1. The molecule has 286 valence electrons. The Morgan fingerprint density at radius 1 is 1.26 bits per heavy atom. The van der Waals surface area contributed by atoms with Crippen molar-refractivity contribution in [2.45, 2.75) is 50.1 Å². The normalized spacial score (nSPS) is 24.3. The van der Waals surface area contributed by atoms with Gasteiger partial charge in [-0.3, -0.25) is 19.3 Å². The van der Waals surface area contributed by atoms with E-state index < -0.39 is 51.9 Å². The number of nitrogens with zero attached hydrogens (tertiary/aromatic N) is 8. The molecule has 22 heteroatoms. The Morgan fingerprint density at radius 2 is 2.04 bits per heavy atom. The third-order valence-electron chi connectivity index (χ3n) is 10.3. The number of hydrogen-bond acceptors (Lipinski definition) is 15. The summed E-state index contributed by atoms with van der Waals surface area (Å²) in [5.41, 5.74) is 4.94. The second kappa shape index (κ2) is 14.1. The maximum Gasteiger partial charge on any atom is 0.350 e. The highest BCUT2D eigenvalue weighted by Gasteiger charge is 2.55. The van der Waals surface area contributed by atoms with Gasteiger partial charge in [-0.1, -0.05) is 28.1 Å². The van der Waals surface area contributed by atoms with Crippen molar-refractivity contribution in [2.24, 2.45) is 11.1 Å². The minimum absolute atomic E-state index is 0.0371. The first-order valence-electron chi connectivity index (χ1n) is 16.8. The zero-order chi connectivity index (χ0) is 38.7. The molecule has 3 fully saturated rings. The Balaban J connectivity index is 1.11. The van der Waals surface area contributed by atoms with Crippen molar-refractivity contribution in [2.75, 3.05) is 44.2 Å². The average Bonchev–Trinajstić information content (AvgIpc) is 3.89. The van der Waals surface area contributed by atoms with Gasteiger partial charge in [0.05, 0.1) is 43.2 Å². The van der Waals surface area contributed by atoms with Gasteiger partial charge >= 0.3 is 5.97 Å². The number of thiazole rings is 1. The summed E-state index contributed by atoms with van der Waals surface area (Å²) >= 11 is 8.69. The lowest BCUT2D eigenvalue weighted by Gasteiger charge is -2.52. The number of carbonyl (C=O) groups is 4. The van der Waals surface area contributed by atoms with Gasteiger partial charge < -0.3 is 35.3 Å². The Bertz CT molecular complexity index is 2090. The molecule has 54 heavy (non-hydrogen) atoms. The lowest BCUT2D eigenvalue weighted by atomic mass is 9.88. The topological polar surface area (TPSA) is 250 Å². The molecule has 3 aromatic rings. The summed E-state index contributed by atoms with van der Waals surface area (Å²) in [4.78, 5) is 65.4. The number of rotatable bonds is 11. The quantitative estimate of drug-likeness (QED) is 0.0612. The highest BCUT2D eigenvalue weighted by atomic mass is 35.5. The number of fused-ring (bicyclic) bond motifs is 2. The minimum Gasteiger partial charge on any atom is -0.504 e. The van der Waals surface area contributed by atoms with Gasteiger partial charge in [0, 0.05) is 36.2 Å². The molecular formula is C32H35ClFN10O8S2+. The second-order valence-corrected chi connectivity index (χ2v) is 16.8. The molecule has 0 spiro atoms. The molecule has 4 aliphatic rings. The predicted molar refractivity (Wildman–Crippen MR) is 192 cm³/mol. The first-order valence-corrected chi connectivity index (χ1v) is 19.1. The number of hydrogen-bond donors (Lipinski definition) is 5. The number of carbonyl (C=O) groups excluding carboxylic acids is 3. The summed E-state index contributed by atoms with van der Waals surface area (Å²) < 4.78 is 14.9. The van der Waals surface area contributed by atoms with E-state index in [2.05, 4.69) is 30.8 Å². The number of anilines is 1. The number of phenols is 2. The number of aromatic hydroxyl groups is 2. The highest BCUT2D eigenvalue weighted by molar-refractivity contribution is 8.00. The van der Waals surface area contributed by atoms with E-state index in [-0.39, 0.29) is 50.6 Å². The Morgan fingerprint density at radius 3 is 2.70 bits per heavy atom. The molecule has 0 saturated carbocycles. The molecule has 4 aliphatic heterocycles. The molecule has 0 unspecified atom stereocenters. The number of carboxylic acids is 1. The number of nitrogens with one attached hydrogen (secondary N) is 1. The lowest BCUT2D eigenvalue weighted by molar-refractivity contribution is -0.938. The van der Waals surface area contributed by atoms with E-state index in [1.165, 1.54) is 25.6 Å². The van der Waals surface area contributed by atoms with Crippen molar-refractivity contribution in [3.8, 4) is 11.5 Å². The summed E-state index contributed by atoms with van der Waals surface area (Å²) in [5, 5.41) is 47.1. The zero-order valence-electron chi connectivity index (χ0n) is 28.9. The van der Waals surface area contributed by atoms with Crippen LogP contribution in [0.3, 0.4) is 0 Å². The number of nitrogen functional groups attached to an aromatic ring is 1. The number of halogens is 2. The predicted octanol–water partition coefficient (Wildman–Crippen LogP) is 2.06. The summed E-state index contributed by atoms with van der Waals surface area (Å²) in [6, 6.07) is 2.01. The number of β-lactam (4-membered cyclic amide) rings is 1. The number of tetrazole rings is 1. The molecule has 0 aliphatic carbocycles. The third kappa shape index (κ3) is 6.62. The van der Waals surface area contributed by atoms with Crippen LogP contribution in [-0.4, -0.2) is 140 Å². The molecule has 18 nitrogen and oxygen atoms in total. The molecule has 0 bridgehead atoms. The smallest absolute Gasteiger partial charge is 0.350 e. The van der Waals surface area contributed by atoms with Crippen LogP contribution in [-0.2, 0) is 19.2 Å². The number of phenolic OH excluding ortho intramolecular Hbond substituents is 2. The Hall–Kier alpha value is -4.86. The Labute approximate surface area is 319 Å². The Kier molecular flexibility index (Phi) is 9.77. The number of H-pyrrole nitrogens is 1. The van der Waals surface area contributed by atoms with Gasteiger partial charge in [0.2, 0.25) is 17.3 Å². The number of nitrogens with two attached hydrogens (primary N) is 1. The maximum atomic E-state index is 14.2. The van der Waals surface area contributed by atoms with Gasteiger partial charge in [0.1, 0.15) is 22.6 Å². The second-order valence-electron chi connectivity index (χ2n) is 14.0. The first kappa shape index (κ1) is 37.5. The van der Waals surface area contributed by atoms with E-state index in [1.54, 1.807) is 9.80 Å². The molecule has 2 aromatic heterocycles. The molecule has 6 heterocycles. The van der Waals surface area contributed by atoms with Crippen LogP contribution in [0.2, 0.25) is 4.34 Å². The number of aromatic nitrogens is 5. The number of carboxylic acid groups (broad SMARTS) is 1. The van der Waals surface area contributed by atoms with Crippen molar-refractivity contribution in [3.05, 3.63) is 44.9 Å². The highest BCUT2D eigenvalue weighted by Crippen LogP contribution is 2.49. The molecule has 0 radical (unpaired) electrons. The van der Waals surface area contributed by atoms with Gasteiger partial charge in [-0.25, -0.2) is 14.2 Å². The van der Waals surface area contributed by atoms with Crippen molar-refractivity contribution >= 4 is 74.8 Å². The van der Waals surface area contributed by atoms with Gasteiger partial charge in [-0.05, 0) is 31.2 Å². The molecule has 3 saturated heterocycles. The van der Waals surface area contributed by atoms with Crippen molar-refractivity contribution < 1.29 is 48.2 Å². The van der Waals surface area contributed by atoms with E-state index in [4.69, 9.17) is 22.2 Å². The van der Waals surface area contributed by atoms with Crippen LogP contribution in [0.1, 0.15) is 55.0 Å². The standard InChI is InChI=1S/C32H34ClFN10O8S2/c1-32(2,30(50)51)52-39-21(22-25(33)54-31(35)36-22)19(45)10-17-28(49)43-23(26-37-40-41-38-26)15(13-53-29(17)43)12-44-6-3-4-16(44)11-42(5-7-44)27(48)14-8-18(34)24(47)20(46)9-14/h8-9,16-17,29H,3-7,10-13H2,1-2H3,(H5-,35,36,37,38,39,40,41,45,46,47,48,50,51)/p+1/t16-,17+,29+,44+/m0/s1. The van der Waals surface area contributed by atoms with Crippen LogP contribution in [0.5, 0.6) is 11.5 Å². The van der Waals surface area contributed by atoms with Gasteiger partial charge in [-0.15, -0.1) is 22.0 Å². The fraction of sp³-hybridized carbons (Fsp3) is 0.469. The summed E-state index contributed by atoms with van der Waals surface area (Å²) in [6.45, 7) is 5.21. The van der Waals surface area contributed by atoms with Crippen molar-refractivity contribution in [1.29, 1.82) is 0 Å². The molecule has 4 atom stereocenters. The van der Waals surface area contributed by atoms with Crippen LogP contribution in [0.4, 0.5) is 9.52 Å². The number of ketones is 1. The van der Waals surface area contributed by atoms with E-state index in [1.807, 2.05) is 0 Å². The van der Waals surface area contributed by atoms with E-state index in [9.17, 15) is 38.9 Å². The molecule has 2 amide bonds. The summed E-state index contributed by atoms with van der Waals surface area (Å²) in [5.74, 6) is -5.56. The van der Waals surface area contributed by atoms with Crippen LogP contribution in [0.15, 0.2) is 22.9 Å².